The monoisotopic (exact) mass is 140 g/mol. The fourth-order valence-corrected chi connectivity index (χ4v) is 1.15. The van der Waals surface area contributed by atoms with Crippen LogP contribution < -0.4 is 5.73 Å². The largest absolute Gasteiger partial charge is 0.368 e. The fourth-order valence-electron chi connectivity index (χ4n) is 1.15. The van der Waals surface area contributed by atoms with Crippen LogP contribution >= 0.6 is 0 Å². The van der Waals surface area contributed by atoms with E-state index in [1.807, 2.05) is 4.90 Å². The van der Waals surface area contributed by atoms with Crippen LogP contribution in [-0.4, -0.2) is 29.9 Å². The van der Waals surface area contributed by atoms with Crippen LogP contribution in [0, 0.1) is 0 Å². The summed E-state index contributed by atoms with van der Waals surface area (Å²) in [4.78, 5) is 12.6. The molecular formula is C7H12N2O. The van der Waals surface area contributed by atoms with E-state index in [-0.39, 0.29) is 11.9 Å². The molecule has 1 fully saturated rings. The summed E-state index contributed by atoms with van der Waals surface area (Å²) in [6.45, 7) is 5.33. The molecule has 0 radical (unpaired) electrons. The second-order valence-corrected chi connectivity index (χ2v) is 2.49. The van der Waals surface area contributed by atoms with Gasteiger partial charge in [-0.1, -0.05) is 6.08 Å². The molecule has 1 aliphatic heterocycles. The third kappa shape index (κ3) is 1.19. The Morgan fingerprint density at radius 3 is 2.90 bits per heavy atom. The summed E-state index contributed by atoms with van der Waals surface area (Å²) in [5.74, 6) is -0.215. The maximum Gasteiger partial charge on any atom is 0.234 e. The van der Waals surface area contributed by atoms with Gasteiger partial charge in [0.05, 0.1) is 6.04 Å². The standard InChI is InChI=1S/C7H12N2O/c1-2-4-9-5-3-6(9)7(8)10/h2,6H,1,3-5H2,(H2,8,10)/t6-/m0/s1. The van der Waals surface area contributed by atoms with E-state index in [1.165, 1.54) is 0 Å². The molecule has 0 unspecified atom stereocenters. The maximum absolute atomic E-state index is 10.6. The van der Waals surface area contributed by atoms with Crippen molar-refractivity contribution in [2.24, 2.45) is 5.73 Å². The first kappa shape index (κ1) is 7.28. The van der Waals surface area contributed by atoms with Crippen LogP contribution in [0.3, 0.4) is 0 Å². The highest BCUT2D eigenvalue weighted by atomic mass is 16.1. The Bertz CT molecular complexity index is 156. The molecule has 1 rings (SSSR count). The van der Waals surface area contributed by atoms with Crippen molar-refractivity contribution < 1.29 is 4.79 Å². The van der Waals surface area contributed by atoms with Gasteiger partial charge in [-0.05, 0) is 6.42 Å². The Balaban J connectivity index is 2.35. The predicted molar refractivity (Wildman–Crippen MR) is 39.4 cm³/mol. The van der Waals surface area contributed by atoms with Crippen LogP contribution in [0.15, 0.2) is 12.7 Å². The Morgan fingerprint density at radius 2 is 2.60 bits per heavy atom. The fraction of sp³-hybridized carbons (Fsp3) is 0.571. The number of hydrogen-bond donors (Lipinski definition) is 1. The maximum atomic E-state index is 10.6. The van der Waals surface area contributed by atoms with Gasteiger partial charge in [-0.3, -0.25) is 9.69 Å². The van der Waals surface area contributed by atoms with Crippen LogP contribution in [0.5, 0.6) is 0 Å². The van der Waals surface area contributed by atoms with Crippen molar-refractivity contribution in [3.63, 3.8) is 0 Å². The van der Waals surface area contributed by atoms with E-state index in [2.05, 4.69) is 6.58 Å². The SMILES string of the molecule is C=CCN1CC[C@H]1C(N)=O. The molecular weight excluding hydrogens is 128 g/mol. The van der Waals surface area contributed by atoms with Crippen molar-refractivity contribution in [3.05, 3.63) is 12.7 Å². The van der Waals surface area contributed by atoms with Gasteiger partial charge in [-0.15, -0.1) is 6.58 Å². The second kappa shape index (κ2) is 2.84. The zero-order chi connectivity index (χ0) is 7.56. The van der Waals surface area contributed by atoms with Crippen LogP contribution in [0.1, 0.15) is 6.42 Å². The van der Waals surface area contributed by atoms with E-state index in [4.69, 9.17) is 5.73 Å². The van der Waals surface area contributed by atoms with Crippen molar-refractivity contribution in [1.29, 1.82) is 0 Å². The number of rotatable bonds is 3. The lowest BCUT2D eigenvalue weighted by Gasteiger charge is -2.37. The van der Waals surface area contributed by atoms with Gasteiger partial charge in [0, 0.05) is 13.1 Å². The third-order valence-electron chi connectivity index (χ3n) is 1.82. The highest BCUT2D eigenvalue weighted by Gasteiger charge is 2.30. The first-order valence-corrected chi connectivity index (χ1v) is 3.40. The molecule has 56 valence electrons. The number of carbonyl (C=O) groups is 1. The van der Waals surface area contributed by atoms with Crippen molar-refractivity contribution in [2.45, 2.75) is 12.5 Å². The van der Waals surface area contributed by atoms with Gasteiger partial charge in [0.25, 0.3) is 0 Å². The van der Waals surface area contributed by atoms with E-state index < -0.39 is 0 Å². The van der Waals surface area contributed by atoms with Crippen LogP contribution in [0.25, 0.3) is 0 Å². The zero-order valence-corrected chi connectivity index (χ0v) is 5.92. The number of carbonyl (C=O) groups excluding carboxylic acids is 1. The number of nitrogens with zero attached hydrogens (tertiary/aromatic N) is 1. The van der Waals surface area contributed by atoms with Gasteiger partial charge < -0.3 is 5.73 Å². The lowest BCUT2D eigenvalue weighted by molar-refractivity contribution is -0.127. The Morgan fingerprint density at radius 1 is 1.90 bits per heavy atom. The van der Waals surface area contributed by atoms with E-state index in [0.717, 1.165) is 19.5 Å². The van der Waals surface area contributed by atoms with E-state index in [9.17, 15) is 4.79 Å². The van der Waals surface area contributed by atoms with Gasteiger partial charge in [-0.25, -0.2) is 0 Å². The molecule has 2 N–H and O–H groups in total. The number of amides is 1. The van der Waals surface area contributed by atoms with Gasteiger partial charge >= 0.3 is 0 Å². The van der Waals surface area contributed by atoms with Crippen molar-refractivity contribution in [2.75, 3.05) is 13.1 Å². The van der Waals surface area contributed by atoms with E-state index in [1.54, 1.807) is 6.08 Å². The number of hydrogen-bond acceptors (Lipinski definition) is 2. The van der Waals surface area contributed by atoms with Crippen LogP contribution in [0.2, 0.25) is 0 Å². The summed E-state index contributed by atoms with van der Waals surface area (Å²) in [5, 5.41) is 0. The Labute approximate surface area is 60.5 Å². The summed E-state index contributed by atoms with van der Waals surface area (Å²) < 4.78 is 0. The van der Waals surface area contributed by atoms with Gasteiger partial charge in [0.15, 0.2) is 0 Å². The molecule has 0 saturated carbocycles. The minimum Gasteiger partial charge on any atom is -0.368 e. The Hall–Kier alpha value is -0.830. The van der Waals surface area contributed by atoms with Crippen molar-refractivity contribution in [3.8, 4) is 0 Å². The minimum atomic E-state index is -0.215. The highest BCUT2D eigenvalue weighted by molar-refractivity contribution is 5.80. The first-order valence-electron chi connectivity index (χ1n) is 3.40. The molecule has 0 aromatic carbocycles. The average Bonchev–Trinajstić information content (AvgIpc) is 1.78. The normalized spacial score (nSPS) is 25.4. The molecule has 0 aliphatic carbocycles. The summed E-state index contributed by atoms with van der Waals surface area (Å²) >= 11 is 0. The quantitative estimate of drug-likeness (QED) is 0.549. The molecule has 0 aromatic heterocycles. The summed E-state index contributed by atoms with van der Waals surface area (Å²) in [7, 11) is 0. The van der Waals surface area contributed by atoms with E-state index in [0.29, 0.717) is 0 Å². The molecule has 1 aliphatic rings. The van der Waals surface area contributed by atoms with E-state index >= 15 is 0 Å². The van der Waals surface area contributed by atoms with Crippen molar-refractivity contribution in [1.82, 2.24) is 4.90 Å². The molecule has 0 spiro atoms. The van der Waals surface area contributed by atoms with Gasteiger partial charge in [-0.2, -0.15) is 0 Å². The molecule has 1 saturated heterocycles. The number of likely N-dealkylation sites (tertiary alicyclic amines) is 1. The predicted octanol–water partition coefficient (Wildman–Crippen LogP) is -0.268. The third-order valence-corrected chi connectivity index (χ3v) is 1.82. The molecule has 3 nitrogen and oxygen atoms in total. The first-order chi connectivity index (χ1) is 4.75. The van der Waals surface area contributed by atoms with Crippen molar-refractivity contribution >= 4 is 5.91 Å². The molecule has 0 bridgehead atoms. The lowest BCUT2D eigenvalue weighted by atomic mass is 10.0. The molecule has 10 heavy (non-hydrogen) atoms. The van der Waals surface area contributed by atoms with Crippen LogP contribution in [0.4, 0.5) is 0 Å². The molecule has 0 aromatic rings. The smallest absolute Gasteiger partial charge is 0.234 e. The number of primary amides is 1. The Kier molecular flexibility index (Phi) is 2.06. The lowest BCUT2D eigenvalue weighted by Crippen LogP contribution is -2.54. The van der Waals surface area contributed by atoms with Crippen LogP contribution in [-0.2, 0) is 4.79 Å². The summed E-state index contributed by atoms with van der Waals surface area (Å²) in [5.41, 5.74) is 5.10. The summed E-state index contributed by atoms with van der Waals surface area (Å²) in [6, 6.07) is -0.0296. The van der Waals surface area contributed by atoms with Gasteiger partial charge in [0.1, 0.15) is 0 Å². The summed E-state index contributed by atoms with van der Waals surface area (Å²) in [6.07, 6.45) is 2.69. The average molecular weight is 140 g/mol. The second-order valence-electron chi connectivity index (χ2n) is 2.49. The molecule has 1 atom stereocenters. The molecule has 1 heterocycles. The van der Waals surface area contributed by atoms with Gasteiger partial charge in [0.2, 0.25) is 5.91 Å². The zero-order valence-electron chi connectivity index (χ0n) is 5.92. The highest BCUT2D eigenvalue weighted by Crippen LogP contribution is 2.15. The topological polar surface area (TPSA) is 46.3 Å². The molecule has 1 amide bonds. The minimum absolute atomic E-state index is 0.0296. The molecule has 3 heteroatoms. The number of nitrogens with two attached hydrogens (primary N) is 1.